The summed E-state index contributed by atoms with van der Waals surface area (Å²) in [6, 6.07) is 3.09. The van der Waals surface area contributed by atoms with Crippen LogP contribution in [0.3, 0.4) is 0 Å². The van der Waals surface area contributed by atoms with Crippen LogP contribution in [0.1, 0.15) is 57.8 Å². The number of nitriles is 1. The lowest BCUT2D eigenvalue weighted by Crippen LogP contribution is -2.53. The van der Waals surface area contributed by atoms with Crippen molar-refractivity contribution < 1.29 is 4.74 Å². The van der Waals surface area contributed by atoms with Crippen molar-refractivity contribution in [1.82, 2.24) is 5.32 Å². The van der Waals surface area contributed by atoms with Gasteiger partial charge < -0.3 is 4.74 Å². The molecule has 0 saturated heterocycles. The van der Waals surface area contributed by atoms with Gasteiger partial charge >= 0.3 is 0 Å². The van der Waals surface area contributed by atoms with Crippen LogP contribution < -0.4 is 5.32 Å². The Morgan fingerprint density at radius 2 is 1.94 bits per heavy atom. The molecule has 0 heterocycles. The molecule has 0 aromatic heterocycles. The van der Waals surface area contributed by atoms with Crippen LogP contribution in [-0.2, 0) is 4.74 Å². The largest absolute Gasteiger partial charge is 0.381 e. The van der Waals surface area contributed by atoms with Gasteiger partial charge in [0.1, 0.15) is 5.54 Å². The van der Waals surface area contributed by atoms with Crippen LogP contribution in [0.5, 0.6) is 0 Å². The third-order valence-electron chi connectivity index (χ3n) is 4.34. The van der Waals surface area contributed by atoms with Gasteiger partial charge in [0.05, 0.1) is 12.2 Å². The maximum absolute atomic E-state index is 9.52. The van der Waals surface area contributed by atoms with Crippen LogP contribution in [0.15, 0.2) is 0 Å². The molecule has 0 aliphatic heterocycles. The van der Waals surface area contributed by atoms with E-state index >= 15 is 0 Å². The number of ether oxygens (including phenoxy) is 1. The first-order valence-corrected chi connectivity index (χ1v) is 7.00. The number of hydrogen-bond donors (Lipinski definition) is 1. The van der Waals surface area contributed by atoms with E-state index in [1.807, 2.05) is 0 Å². The molecule has 17 heavy (non-hydrogen) atoms. The van der Waals surface area contributed by atoms with Crippen LogP contribution in [0.4, 0.5) is 0 Å². The minimum Gasteiger partial charge on any atom is -0.381 e. The van der Waals surface area contributed by atoms with Crippen molar-refractivity contribution in [3.05, 3.63) is 0 Å². The fraction of sp³-hybridized carbons (Fsp3) is 0.929. The summed E-state index contributed by atoms with van der Waals surface area (Å²) in [5.74, 6) is 0. The molecular weight excluding hydrogens is 212 g/mol. The highest BCUT2D eigenvalue weighted by Crippen LogP contribution is 2.31. The van der Waals surface area contributed by atoms with Gasteiger partial charge in [0, 0.05) is 19.6 Å². The fourth-order valence-electron chi connectivity index (χ4n) is 3.33. The van der Waals surface area contributed by atoms with Crippen molar-refractivity contribution in [3.8, 4) is 6.07 Å². The maximum atomic E-state index is 9.52. The van der Waals surface area contributed by atoms with Crippen molar-refractivity contribution in [1.29, 1.82) is 5.26 Å². The zero-order valence-electron chi connectivity index (χ0n) is 10.9. The summed E-state index contributed by atoms with van der Waals surface area (Å²) in [5.41, 5.74) is -0.319. The average Bonchev–Trinajstić information content (AvgIpc) is 2.40. The summed E-state index contributed by atoms with van der Waals surface area (Å²) >= 11 is 0. The van der Waals surface area contributed by atoms with Crippen molar-refractivity contribution >= 4 is 0 Å². The first-order valence-electron chi connectivity index (χ1n) is 7.00. The molecule has 0 spiro atoms. The van der Waals surface area contributed by atoms with E-state index in [0.29, 0.717) is 6.04 Å². The molecule has 0 radical (unpaired) electrons. The molecule has 2 saturated carbocycles. The smallest absolute Gasteiger partial charge is 0.109 e. The Bertz CT molecular complexity index is 280. The molecular formula is C14H24N2O. The molecule has 0 bridgehead atoms. The molecule has 2 aliphatic rings. The topological polar surface area (TPSA) is 45.0 Å². The average molecular weight is 236 g/mol. The van der Waals surface area contributed by atoms with E-state index in [9.17, 15) is 5.26 Å². The second-order valence-electron chi connectivity index (χ2n) is 5.63. The normalized spacial score (nSPS) is 35.4. The van der Waals surface area contributed by atoms with Gasteiger partial charge in [-0.2, -0.15) is 5.26 Å². The quantitative estimate of drug-likeness (QED) is 0.819. The van der Waals surface area contributed by atoms with Crippen LogP contribution in [0.25, 0.3) is 0 Å². The number of methoxy groups -OCH3 is 1. The molecule has 2 rings (SSSR count). The molecule has 2 unspecified atom stereocenters. The summed E-state index contributed by atoms with van der Waals surface area (Å²) in [7, 11) is 1.76. The summed E-state index contributed by atoms with van der Waals surface area (Å²) in [4.78, 5) is 0. The highest BCUT2D eigenvalue weighted by molar-refractivity contribution is 5.11. The molecule has 0 aromatic carbocycles. The van der Waals surface area contributed by atoms with Crippen LogP contribution in [-0.4, -0.2) is 24.8 Å². The van der Waals surface area contributed by atoms with Crippen molar-refractivity contribution in [2.75, 3.05) is 7.11 Å². The highest BCUT2D eigenvalue weighted by Gasteiger charge is 2.38. The van der Waals surface area contributed by atoms with Gasteiger partial charge in [-0.3, -0.25) is 5.32 Å². The molecule has 2 fully saturated rings. The van der Waals surface area contributed by atoms with Gasteiger partial charge in [-0.15, -0.1) is 0 Å². The summed E-state index contributed by atoms with van der Waals surface area (Å²) in [6.45, 7) is 0. The van der Waals surface area contributed by atoms with Gasteiger partial charge in [0.15, 0.2) is 0 Å². The van der Waals surface area contributed by atoms with E-state index in [4.69, 9.17) is 4.74 Å². The molecule has 3 heteroatoms. The predicted molar refractivity (Wildman–Crippen MR) is 67.6 cm³/mol. The van der Waals surface area contributed by atoms with E-state index in [0.717, 1.165) is 25.7 Å². The number of nitrogens with one attached hydrogen (secondary N) is 1. The maximum Gasteiger partial charge on any atom is 0.109 e. The molecule has 1 N–H and O–H groups in total. The molecule has 3 nitrogen and oxygen atoms in total. The van der Waals surface area contributed by atoms with Crippen molar-refractivity contribution in [2.24, 2.45) is 0 Å². The first-order chi connectivity index (χ1) is 8.28. The number of nitrogens with zero attached hydrogens (tertiary/aromatic N) is 1. The highest BCUT2D eigenvalue weighted by atomic mass is 16.5. The third-order valence-corrected chi connectivity index (χ3v) is 4.34. The summed E-state index contributed by atoms with van der Waals surface area (Å²) in [6.07, 6.45) is 10.8. The van der Waals surface area contributed by atoms with Crippen LogP contribution in [0, 0.1) is 11.3 Å². The van der Waals surface area contributed by atoms with Gasteiger partial charge in [-0.1, -0.05) is 19.3 Å². The number of rotatable bonds is 3. The Kier molecular flexibility index (Phi) is 4.42. The molecule has 0 aromatic rings. The zero-order valence-corrected chi connectivity index (χ0v) is 10.9. The standard InChI is InChI=1S/C14H24N2O/c1-17-13-8-5-9-14(10-13,11-15)16-12-6-3-2-4-7-12/h12-13,16H,2-10H2,1H3. The summed E-state index contributed by atoms with van der Waals surface area (Å²) < 4.78 is 5.45. The van der Waals surface area contributed by atoms with E-state index in [2.05, 4.69) is 11.4 Å². The van der Waals surface area contributed by atoms with Crippen molar-refractivity contribution in [3.63, 3.8) is 0 Å². The number of hydrogen-bond acceptors (Lipinski definition) is 3. The summed E-state index contributed by atoms with van der Waals surface area (Å²) in [5, 5.41) is 13.2. The molecule has 0 amide bonds. The Morgan fingerprint density at radius 1 is 1.18 bits per heavy atom. The first kappa shape index (κ1) is 12.9. The fourth-order valence-corrected chi connectivity index (χ4v) is 3.33. The van der Waals surface area contributed by atoms with Gasteiger partial charge in [-0.05, 0) is 32.1 Å². The van der Waals surface area contributed by atoms with Gasteiger partial charge in [-0.25, -0.2) is 0 Å². The van der Waals surface area contributed by atoms with Crippen molar-refractivity contribution in [2.45, 2.75) is 75.5 Å². The van der Waals surface area contributed by atoms with E-state index in [1.54, 1.807) is 7.11 Å². The Morgan fingerprint density at radius 3 is 2.59 bits per heavy atom. The van der Waals surface area contributed by atoms with Crippen LogP contribution in [0.2, 0.25) is 0 Å². The van der Waals surface area contributed by atoms with Gasteiger partial charge in [0.2, 0.25) is 0 Å². The van der Waals surface area contributed by atoms with E-state index in [-0.39, 0.29) is 11.6 Å². The lowest BCUT2D eigenvalue weighted by molar-refractivity contribution is 0.0407. The SMILES string of the molecule is COC1CCCC(C#N)(NC2CCCCC2)C1. The van der Waals surface area contributed by atoms with E-state index in [1.165, 1.54) is 32.1 Å². The van der Waals surface area contributed by atoms with Gasteiger partial charge in [0.25, 0.3) is 0 Å². The Labute approximate surface area is 105 Å². The predicted octanol–water partition coefficient (Wildman–Crippen LogP) is 2.76. The monoisotopic (exact) mass is 236 g/mol. The third kappa shape index (κ3) is 3.20. The molecule has 2 aliphatic carbocycles. The zero-order chi connectivity index (χ0) is 12.1. The molecule has 96 valence electrons. The minimum absolute atomic E-state index is 0.263. The second-order valence-corrected chi connectivity index (χ2v) is 5.63. The lowest BCUT2D eigenvalue weighted by atomic mass is 9.79. The Balaban J connectivity index is 1.95. The second kappa shape index (κ2) is 5.84. The molecule has 2 atom stereocenters. The van der Waals surface area contributed by atoms with E-state index < -0.39 is 0 Å². The Hall–Kier alpha value is -0.590. The lowest BCUT2D eigenvalue weighted by Gasteiger charge is -2.39. The minimum atomic E-state index is -0.319. The van der Waals surface area contributed by atoms with Crippen LogP contribution >= 0.6 is 0 Å².